The van der Waals surface area contributed by atoms with Crippen LogP contribution in [0.5, 0.6) is 0 Å². The van der Waals surface area contributed by atoms with E-state index < -0.39 is 0 Å². The standard InChI is InChI=1S/C15H19ClO3/c1-19-15(18)5-3-2-4-12-6-8-13(9-7-12)14(17)10-11-16/h6-9H,2-5,10-11H2,1H3. The summed E-state index contributed by atoms with van der Waals surface area (Å²) in [4.78, 5) is 22.5. The first-order valence-corrected chi connectivity index (χ1v) is 6.95. The molecule has 4 heteroatoms. The van der Waals surface area contributed by atoms with Crippen LogP contribution in [0.15, 0.2) is 24.3 Å². The molecule has 3 nitrogen and oxygen atoms in total. The zero-order valence-electron chi connectivity index (χ0n) is 11.2. The second-order valence-corrected chi connectivity index (χ2v) is 4.72. The van der Waals surface area contributed by atoms with Gasteiger partial charge in [-0.05, 0) is 24.8 Å². The number of halogens is 1. The number of esters is 1. The number of rotatable bonds is 8. The lowest BCUT2D eigenvalue weighted by atomic mass is 10.0. The maximum atomic E-state index is 11.6. The van der Waals surface area contributed by atoms with Gasteiger partial charge in [0, 0.05) is 24.3 Å². The van der Waals surface area contributed by atoms with Gasteiger partial charge in [-0.1, -0.05) is 24.3 Å². The number of alkyl halides is 1. The average molecular weight is 283 g/mol. The lowest BCUT2D eigenvalue weighted by molar-refractivity contribution is -0.140. The van der Waals surface area contributed by atoms with E-state index in [0.29, 0.717) is 24.3 Å². The molecule has 0 radical (unpaired) electrons. The highest BCUT2D eigenvalue weighted by molar-refractivity contribution is 6.19. The quantitative estimate of drug-likeness (QED) is 0.318. The molecular formula is C15H19ClO3. The molecule has 0 heterocycles. The van der Waals surface area contributed by atoms with Gasteiger partial charge in [-0.15, -0.1) is 11.6 Å². The van der Waals surface area contributed by atoms with Gasteiger partial charge in [0.1, 0.15) is 0 Å². The van der Waals surface area contributed by atoms with Gasteiger partial charge in [0.25, 0.3) is 0 Å². The van der Waals surface area contributed by atoms with Crippen LogP contribution in [0.1, 0.15) is 41.6 Å². The summed E-state index contributed by atoms with van der Waals surface area (Å²) in [5, 5.41) is 0. The molecule has 0 fully saturated rings. The Morgan fingerprint density at radius 3 is 2.37 bits per heavy atom. The number of ketones is 1. The van der Waals surface area contributed by atoms with Crippen molar-refractivity contribution in [3.8, 4) is 0 Å². The minimum Gasteiger partial charge on any atom is -0.469 e. The molecule has 19 heavy (non-hydrogen) atoms. The van der Waals surface area contributed by atoms with E-state index in [4.69, 9.17) is 11.6 Å². The van der Waals surface area contributed by atoms with Crippen LogP contribution in [0.3, 0.4) is 0 Å². The van der Waals surface area contributed by atoms with Crippen LogP contribution < -0.4 is 0 Å². The van der Waals surface area contributed by atoms with Crippen molar-refractivity contribution in [1.82, 2.24) is 0 Å². The van der Waals surface area contributed by atoms with Crippen LogP contribution in [0.25, 0.3) is 0 Å². The molecule has 0 amide bonds. The van der Waals surface area contributed by atoms with Crippen LogP contribution in [-0.2, 0) is 16.0 Å². The highest BCUT2D eigenvalue weighted by atomic mass is 35.5. The van der Waals surface area contributed by atoms with Crippen LogP contribution in [0, 0.1) is 0 Å². The SMILES string of the molecule is COC(=O)CCCCc1ccc(C(=O)CCCl)cc1. The number of methoxy groups -OCH3 is 1. The van der Waals surface area contributed by atoms with Gasteiger partial charge in [0.2, 0.25) is 0 Å². The fraction of sp³-hybridized carbons (Fsp3) is 0.467. The van der Waals surface area contributed by atoms with Gasteiger partial charge in [-0.3, -0.25) is 9.59 Å². The molecule has 1 aromatic rings. The van der Waals surface area contributed by atoms with E-state index >= 15 is 0 Å². The number of aryl methyl sites for hydroxylation is 1. The molecule has 1 aromatic carbocycles. The van der Waals surface area contributed by atoms with Crippen molar-refractivity contribution in [3.05, 3.63) is 35.4 Å². The van der Waals surface area contributed by atoms with Crippen molar-refractivity contribution in [1.29, 1.82) is 0 Å². The highest BCUT2D eigenvalue weighted by Crippen LogP contribution is 2.11. The third-order valence-corrected chi connectivity index (χ3v) is 3.11. The number of hydrogen-bond donors (Lipinski definition) is 0. The summed E-state index contributed by atoms with van der Waals surface area (Å²) >= 11 is 5.54. The second-order valence-electron chi connectivity index (χ2n) is 4.34. The largest absolute Gasteiger partial charge is 0.469 e. The Morgan fingerprint density at radius 1 is 1.11 bits per heavy atom. The Morgan fingerprint density at radius 2 is 1.79 bits per heavy atom. The molecule has 104 valence electrons. The Balaban J connectivity index is 2.36. The maximum absolute atomic E-state index is 11.6. The molecule has 0 aliphatic heterocycles. The molecule has 0 saturated heterocycles. The summed E-state index contributed by atoms with van der Waals surface area (Å²) < 4.78 is 4.58. The number of carbonyl (C=O) groups excluding carboxylic acids is 2. The normalized spacial score (nSPS) is 10.2. The van der Waals surface area contributed by atoms with Gasteiger partial charge < -0.3 is 4.74 Å². The highest BCUT2D eigenvalue weighted by Gasteiger charge is 2.05. The van der Waals surface area contributed by atoms with E-state index in [0.717, 1.165) is 19.3 Å². The number of unbranched alkanes of at least 4 members (excludes halogenated alkanes) is 1. The lowest BCUT2D eigenvalue weighted by Gasteiger charge is -2.03. The number of carbonyl (C=O) groups is 2. The molecule has 0 saturated carbocycles. The lowest BCUT2D eigenvalue weighted by Crippen LogP contribution is -2.01. The molecule has 0 spiro atoms. The average Bonchev–Trinajstić information content (AvgIpc) is 2.44. The first kappa shape index (κ1) is 15.7. The Bertz CT molecular complexity index is 412. The van der Waals surface area contributed by atoms with E-state index in [1.54, 1.807) is 0 Å². The van der Waals surface area contributed by atoms with Crippen LogP contribution in [0.4, 0.5) is 0 Å². The van der Waals surface area contributed by atoms with Gasteiger partial charge in [0.05, 0.1) is 7.11 Å². The van der Waals surface area contributed by atoms with Gasteiger partial charge >= 0.3 is 5.97 Å². The van der Waals surface area contributed by atoms with E-state index in [-0.39, 0.29) is 11.8 Å². The molecular weight excluding hydrogens is 264 g/mol. The summed E-state index contributed by atoms with van der Waals surface area (Å²) in [6.07, 6.45) is 3.49. The number of ether oxygens (including phenoxy) is 1. The number of Topliss-reactive ketones (excluding diaryl/α,β-unsaturated/α-hetero) is 1. The predicted octanol–water partition coefficient (Wildman–Crippen LogP) is 3.38. The first-order valence-electron chi connectivity index (χ1n) is 6.42. The Hall–Kier alpha value is -1.35. The first-order chi connectivity index (χ1) is 9.17. The van der Waals surface area contributed by atoms with E-state index in [1.807, 2.05) is 24.3 Å². The minimum absolute atomic E-state index is 0.0761. The summed E-state index contributed by atoms with van der Waals surface area (Å²) in [5.74, 6) is 0.267. The van der Waals surface area contributed by atoms with Crippen LogP contribution in [0.2, 0.25) is 0 Å². The third kappa shape index (κ3) is 5.88. The van der Waals surface area contributed by atoms with Crippen molar-refractivity contribution in [2.75, 3.05) is 13.0 Å². The molecule has 1 rings (SSSR count). The number of hydrogen-bond acceptors (Lipinski definition) is 3. The second kappa shape index (κ2) is 8.70. The molecule has 0 aliphatic carbocycles. The summed E-state index contributed by atoms with van der Waals surface area (Å²) in [7, 11) is 1.40. The molecule has 0 atom stereocenters. The molecule has 0 N–H and O–H groups in total. The van der Waals surface area contributed by atoms with Crippen molar-refractivity contribution in [2.24, 2.45) is 0 Å². The van der Waals surface area contributed by atoms with Gasteiger partial charge in [0.15, 0.2) is 5.78 Å². The predicted molar refractivity (Wildman–Crippen MR) is 75.7 cm³/mol. The van der Waals surface area contributed by atoms with Crippen LogP contribution >= 0.6 is 11.6 Å². The maximum Gasteiger partial charge on any atom is 0.305 e. The molecule has 0 bridgehead atoms. The number of benzene rings is 1. The topological polar surface area (TPSA) is 43.4 Å². The summed E-state index contributed by atoms with van der Waals surface area (Å²) in [6, 6.07) is 7.59. The molecule has 0 unspecified atom stereocenters. The van der Waals surface area contributed by atoms with Crippen LogP contribution in [-0.4, -0.2) is 24.7 Å². The zero-order chi connectivity index (χ0) is 14.1. The molecule has 0 aromatic heterocycles. The van der Waals surface area contributed by atoms with Crippen molar-refractivity contribution < 1.29 is 14.3 Å². The summed E-state index contributed by atoms with van der Waals surface area (Å²) in [6.45, 7) is 0. The van der Waals surface area contributed by atoms with Crippen molar-refractivity contribution in [3.63, 3.8) is 0 Å². The summed E-state index contributed by atoms with van der Waals surface area (Å²) in [5.41, 5.74) is 1.88. The van der Waals surface area contributed by atoms with Gasteiger partial charge in [-0.25, -0.2) is 0 Å². The van der Waals surface area contributed by atoms with Gasteiger partial charge in [-0.2, -0.15) is 0 Å². The van der Waals surface area contributed by atoms with E-state index in [1.165, 1.54) is 12.7 Å². The third-order valence-electron chi connectivity index (χ3n) is 2.92. The monoisotopic (exact) mass is 282 g/mol. The van der Waals surface area contributed by atoms with E-state index in [9.17, 15) is 9.59 Å². The smallest absolute Gasteiger partial charge is 0.305 e. The Labute approximate surface area is 118 Å². The van der Waals surface area contributed by atoms with E-state index in [2.05, 4.69) is 4.74 Å². The fourth-order valence-electron chi connectivity index (χ4n) is 1.79. The fourth-order valence-corrected chi connectivity index (χ4v) is 1.96. The molecule has 0 aliphatic rings. The van der Waals surface area contributed by atoms with Crippen molar-refractivity contribution >= 4 is 23.4 Å². The minimum atomic E-state index is -0.165. The Kier molecular flexibility index (Phi) is 7.19. The zero-order valence-corrected chi connectivity index (χ0v) is 11.9. The van der Waals surface area contributed by atoms with Crippen molar-refractivity contribution in [2.45, 2.75) is 32.1 Å².